The van der Waals surface area contributed by atoms with E-state index in [-0.39, 0.29) is 21.7 Å². The van der Waals surface area contributed by atoms with Crippen molar-refractivity contribution in [3.05, 3.63) is 0 Å². The summed E-state index contributed by atoms with van der Waals surface area (Å²) in [6.45, 7) is 18.0. The molecule has 0 unspecified atom stereocenters. The Bertz CT molecular complexity index is 750. The summed E-state index contributed by atoms with van der Waals surface area (Å²) in [5, 5.41) is 34.1. The van der Waals surface area contributed by atoms with E-state index in [1.165, 1.54) is 25.7 Å². The van der Waals surface area contributed by atoms with Gasteiger partial charge in [-0.1, -0.05) is 41.0 Å². The van der Waals surface area contributed by atoms with Crippen LogP contribution in [0.15, 0.2) is 0 Å². The quantitative estimate of drug-likeness (QED) is 0.418. The lowest BCUT2D eigenvalue weighted by Gasteiger charge is -2.72. The Morgan fingerprint density at radius 3 is 2.03 bits per heavy atom. The van der Waals surface area contributed by atoms with Crippen LogP contribution >= 0.6 is 0 Å². The van der Waals surface area contributed by atoms with E-state index < -0.39 is 16.8 Å². The lowest BCUT2D eigenvalue weighted by molar-refractivity contribution is -0.284. The summed E-state index contributed by atoms with van der Waals surface area (Å²) in [6, 6.07) is 0. The second-order valence-corrected chi connectivity index (χ2v) is 15.3. The molecular weight excluding hydrogens is 408 g/mol. The fraction of sp³-hybridized carbons (Fsp3) is 1.00. The molecule has 8 atom stereocenters. The highest BCUT2D eigenvalue weighted by Gasteiger charge is 2.72. The molecule has 0 aliphatic heterocycles. The minimum absolute atomic E-state index is 0.0109. The van der Waals surface area contributed by atoms with Crippen LogP contribution in [0.4, 0.5) is 0 Å². The zero-order valence-corrected chi connectivity index (χ0v) is 23.1. The normalized spacial score (nSPS) is 49.0. The zero-order valence-electron chi connectivity index (χ0n) is 23.1. The van der Waals surface area contributed by atoms with Gasteiger partial charge in [-0.2, -0.15) is 0 Å². The predicted molar refractivity (Wildman–Crippen MR) is 136 cm³/mol. The molecule has 192 valence electrons. The fourth-order valence-corrected chi connectivity index (χ4v) is 10.5. The molecule has 3 N–H and O–H groups in total. The topological polar surface area (TPSA) is 60.7 Å². The molecule has 0 bridgehead atoms. The number of rotatable bonds is 5. The molecule has 0 radical (unpaired) electrons. The maximum Gasteiger partial charge on any atom is 0.0754 e. The SMILES string of the molecule is CC(C)(O)CCC[C@](C)(O)[C@H]1CC[C@]2(C)[C@@H]1CC[C@@H]1[C@@]3(C)CCCC(C)(C)[C@]3(O)CC[C@]12C. The standard InChI is InChI=1S/C30H54O3/c1-24(2)14-9-16-28(7)23-12-11-21-22(29(8,32)17-10-15-25(3,4)31)13-18-26(21,5)27(23,6)19-20-30(24,28)33/h21-23,31-33H,9-20H2,1-8H3/t21-,22+,23+,26-,27-,28-,29+,30-/m1/s1. The Balaban J connectivity index is 1.60. The van der Waals surface area contributed by atoms with Gasteiger partial charge in [0.05, 0.1) is 16.8 Å². The van der Waals surface area contributed by atoms with Crippen molar-refractivity contribution in [1.29, 1.82) is 0 Å². The molecule has 4 aliphatic rings. The van der Waals surface area contributed by atoms with Gasteiger partial charge in [-0.25, -0.2) is 0 Å². The van der Waals surface area contributed by atoms with Gasteiger partial charge in [0.2, 0.25) is 0 Å². The minimum Gasteiger partial charge on any atom is -0.390 e. The number of aliphatic hydroxyl groups is 3. The first-order valence-electron chi connectivity index (χ1n) is 14.1. The number of hydrogen-bond donors (Lipinski definition) is 3. The van der Waals surface area contributed by atoms with Crippen LogP contribution in [0.3, 0.4) is 0 Å². The van der Waals surface area contributed by atoms with E-state index in [0.29, 0.717) is 17.8 Å². The molecule has 3 heteroatoms. The molecular formula is C30H54O3. The van der Waals surface area contributed by atoms with Gasteiger partial charge in [-0.3, -0.25) is 0 Å². The molecule has 0 amide bonds. The molecule has 4 fully saturated rings. The van der Waals surface area contributed by atoms with Crippen molar-refractivity contribution in [1.82, 2.24) is 0 Å². The molecule has 4 rings (SSSR count). The summed E-state index contributed by atoms with van der Waals surface area (Å²) in [5.74, 6) is 1.46. The predicted octanol–water partition coefficient (Wildman–Crippen LogP) is 6.87. The smallest absolute Gasteiger partial charge is 0.0754 e. The largest absolute Gasteiger partial charge is 0.390 e. The highest BCUT2D eigenvalue weighted by molar-refractivity contribution is 5.22. The van der Waals surface area contributed by atoms with Crippen LogP contribution in [-0.4, -0.2) is 32.1 Å². The third-order valence-electron chi connectivity index (χ3n) is 12.7. The molecule has 0 aromatic rings. The van der Waals surface area contributed by atoms with Crippen LogP contribution in [0.25, 0.3) is 0 Å². The van der Waals surface area contributed by atoms with Crippen molar-refractivity contribution in [2.24, 2.45) is 39.4 Å². The van der Waals surface area contributed by atoms with Gasteiger partial charge in [0.15, 0.2) is 0 Å². The van der Waals surface area contributed by atoms with Gasteiger partial charge in [0, 0.05) is 5.41 Å². The van der Waals surface area contributed by atoms with Gasteiger partial charge >= 0.3 is 0 Å². The molecule has 3 nitrogen and oxygen atoms in total. The Morgan fingerprint density at radius 1 is 0.727 bits per heavy atom. The Kier molecular flexibility index (Phi) is 6.05. The maximum atomic E-state index is 12.2. The van der Waals surface area contributed by atoms with Crippen molar-refractivity contribution in [2.75, 3.05) is 0 Å². The third kappa shape index (κ3) is 3.60. The van der Waals surface area contributed by atoms with Crippen molar-refractivity contribution < 1.29 is 15.3 Å². The number of fused-ring (bicyclic) bond motifs is 5. The molecule has 4 aliphatic carbocycles. The second kappa shape index (κ2) is 7.69. The van der Waals surface area contributed by atoms with Crippen molar-refractivity contribution in [3.8, 4) is 0 Å². The monoisotopic (exact) mass is 462 g/mol. The van der Waals surface area contributed by atoms with Gasteiger partial charge in [0.25, 0.3) is 0 Å². The molecule has 0 heterocycles. The average Bonchev–Trinajstić information content (AvgIpc) is 3.02. The van der Waals surface area contributed by atoms with Crippen molar-refractivity contribution in [2.45, 2.75) is 149 Å². The average molecular weight is 463 g/mol. The minimum atomic E-state index is -0.664. The summed E-state index contributed by atoms with van der Waals surface area (Å²) >= 11 is 0. The first kappa shape index (κ1) is 26.0. The van der Waals surface area contributed by atoms with Crippen LogP contribution in [0.1, 0.15) is 132 Å². The zero-order chi connectivity index (χ0) is 24.7. The first-order chi connectivity index (χ1) is 14.9. The van der Waals surface area contributed by atoms with E-state index in [1.54, 1.807) is 0 Å². The molecule has 0 aromatic heterocycles. The highest BCUT2D eigenvalue weighted by Crippen LogP contribution is 2.76. The fourth-order valence-electron chi connectivity index (χ4n) is 10.5. The summed E-state index contributed by atoms with van der Waals surface area (Å²) in [4.78, 5) is 0. The van der Waals surface area contributed by atoms with Crippen LogP contribution in [0, 0.1) is 39.4 Å². The van der Waals surface area contributed by atoms with Gasteiger partial charge in [-0.15, -0.1) is 0 Å². The lowest BCUT2D eigenvalue weighted by atomic mass is 9.34. The van der Waals surface area contributed by atoms with Crippen LogP contribution in [0.5, 0.6) is 0 Å². The Labute approximate surface area is 204 Å². The van der Waals surface area contributed by atoms with Crippen molar-refractivity contribution >= 4 is 0 Å². The van der Waals surface area contributed by atoms with E-state index in [9.17, 15) is 15.3 Å². The van der Waals surface area contributed by atoms with E-state index in [0.717, 1.165) is 51.4 Å². The first-order valence-corrected chi connectivity index (χ1v) is 14.1. The maximum absolute atomic E-state index is 12.2. The van der Waals surface area contributed by atoms with Gasteiger partial charge in [0.1, 0.15) is 0 Å². The van der Waals surface area contributed by atoms with E-state index in [4.69, 9.17) is 0 Å². The second-order valence-electron chi connectivity index (χ2n) is 15.3. The van der Waals surface area contributed by atoms with E-state index >= 15 is 0 Å². The highest BCUT2D eigenvalue weighted by atomic mass is 16.3. The Morgan fingerprint density at radius 2 is 1.39 bits per heavy atom. The lowest BCUT2D eigenvalue weighted by Crippen LogP contribution is -2.70. The van der Waals surface area contributed by atoms with Crippen LogP contribution < -0.4 is 0 Å². The summed E-state index contributed by atoms with van der Waals surface area (Å²) in [7, 11) is 0. The van der Waals surface area contributed by atoms with E-state index in [1.807, 2.05) is 13.8 Å². The third-order valence-corrected chi connectivity index (χ3v) is 12.7. The van der Waals surface area contributed by atoms with Gasteiger partial charge < -0.3 is 15.3 Å². The van der Waals surface area contributed by atoms with Gasteiger partial charge in [-0.05, 0) is 125 Å². The molecule has 0 saturated heterocycles. The molecule has 33 heavy (non-hydrogen) atoms. The molecule has 0 aromatic carbocycles. The summed E-state index contributed by atoms with van der Waals surface area (Å²) in [5.41, 5.74) is -1.46. The molecule has 0 spiro atoms. The van der Waals surface area contributed by atoms with Crippen molar-refractivity contribution in [3.63, 3.8) is 0 Å². The van der Waals surface area contributed by atoms with E-state index in [2.05, 4.69) is 41.5 Å². The Hall–Kier alpha value is -0.120. The number of hydrogen-bond acceptors (Lipinski definition) is 3. The summed E-state index contributed by atoms with van der Waals surface area (Å²) < 4.78 is 0. The molecule has 4 saturated carbocycles. The van der Waals surface area contributed by atoms with Crippen LogP contribution in [-0.2, 0) is 0 Å². The van der Waals surface area contributed by atoms with Crippen LogP contribution in [0.2, 0.25) is 0 Å². The summed E-state index contributed by atoms with van der Waals surface area (Å²) in [6.07, 6.45) is 12.7.